The third-order valence-electron chi connectivity index (χ3n) is 3.20. The molecule has 5 nitrogen and oxygen atoms in total. The fourth-order valence-electron chi connectivity index (χ4n) is 2.04. The number of benzene rings is 2. The molecule has 0 saturated carbocycles. The van der Waals surface area contributed by atoms with Crippen LogP contribution in [0.25, 0.3) is 0 Å². The molecule has 2 N–H and O–H groups in total. The quantitative estimate of drug-likeness (QED) is 0.851. The number of rotatable bonds is 4. The smallest absolute Gasteiger partial charge is 0.342 e. The maximum Gasteiger partial charge on any atom is 0.342 e. The molecule has 0 fully saturated rings. The van der Waals surface area contributed by atoms with Crippen molar-refractivity contribution in [1.29, 1.82) is 0 Å². The van der Waals surface area contributed by atoms with Crippen molar-refractivity contribution in [3.05, 3.63) is 59.2 Å². The lowest BCUT2D eigenvalue weighted by Crippen LogP contribution is -2.21. The van der Waals surface area contributed by atoms with Crippen molar-refractivity contribution >= 4 is 17.6 Å². The number of anilines is 1. The Hall–Kier alpha value is -2.82. The molecule has 0 heterocycles. The number of aromatic hydroxyl groups is 1. The highest BCUT2D eigenvalue weighted by Crippen LogP contribution is 2.19. The van der Waals surface area contributed by atoms with Crippen LogP contribution in [0.1, 0.15) is 21.5 Å². The van der Waals surface area contributed by atoms with Gasteiger partial charge in [0.05, 0.1) is 0 Å². The van der Waals surface area contributed by atoms with Crippen LogP contribution in [0.5, 0.6) is 5.75 Å². The van der Waals surface area contributed by atoms with Crippen LogP contribution < -0.4 is 5.32 Å². The first kappa shape index (κ1) is 15.6. The Balaban J connectivity index is 1.96. The number of carbonyl (C=O) groups excluding carboxylic acids is 2. The Kier molecular flexibility index (Phi) is 4.78. The summed E-state index contributed by atoms with van der Waals surface area (Å²) in [4.78, 5) is 23.7. The maximum atomic E-state index is 11.9. The van der Waals surface area contributed by atoms with Crippen molar-refractivity contribution in [2.75, 3.05) is 11.9 Å². The van der Waals surface area contributed by atoms with Gasteiger partial charge >= 0.3 is 5.97 Å². The molecule has 0 radical (unpaired) electrons. The molecule has 0 unspecified atom stereocenters. The van der Waals surface area contributed by atoms with Gasteiger partial charge in [-0.15, -0.1) is 0 Å². The predicted molar refractivity (Wildman–Crippen MR) is 82.9 cm³/mol. The van der Waals surface area contributed by atoms with Crippen LogP contribution in [0.15, 0.2) is 42.5 Å². The summed E-state index contributed by atoms with van der Waals surface area (Å²) in [6.07, 6.45) is 0. The van der Waals surface area contributed by atoms with Crippen molar-refractivity contribution in [2.45, 2.75) is 13.8 Å². The Bertz CT molecular complexity index is 689. The zero-order valence-corrected chi connectivity index (χ0v) is 12.4. The summed E-state index contributed by atoms with van der Waals surface area (Å²) in [6.45, 7) is 3.36. The van der Waals surface area contributed by atoms with Gasteiger partial charge in [-0.2, -0.15) is 0 Å². The molecule has 2 aromatic carbocycles. The number of hydrogen-bond donors (Lipinski definition) is 2. The van der Waals surface area contributed by atoms with Crippen LogP contribution in [0.2, 0.25) is 0 Å². The Labute approximate surface area is 128 Å². The van der Waals surface area contributed by atoms with Gasteiger partial charge in [-0.05, 0) is 37.1 Å². The molecule has 2 aromatic rings. The largest absolute Gasteiger partial charge is 0.507 e. The number of hydrogen-bond acceptors (Lipinski definition) is 4. The number of ether oxygens (including phenoxy) is 1. The fraction of sp³-hybridized carbons (Fsp3) is 0.176. The minimum atomic E-state index is -0.741. The van der Waals surface area contributed by atoms with E-state index in [-0.39, 0.29) is 11.3 Å². The standard InChI is InChI=1S/C17H17NO4/c1-11-6-5-7-12(2)16(11)18-15(20)10-22-17(21)13-8-3-4-9-14(13)19/h3-9,19H,10H2,1-2H3,(H,18,20). The summed E-state index contributed by atoms with van der Waals surface area (Å²) in [6, 6.07) is 11.7. The van der Waals surface area contributed by atoms with E-state index in [2.05, 4.69) is 5.32 Å². The fourth-order valence-corrected chi connectivity index (χ4v) is 2.04. The van der Waals surface area contributed by atoms with Crippen LogP contribution in [-0.4, -0.2) is 23.6 Å². The molecule has 2 rings (SSSR count). The van der Waals surface area contributed by atoms with Crippen molar-refractivity contribution in [2.24, 2.45) is 0 Å². The lowest BCUT2D eigenvalue weighted by Gasteiger charge is -2.11. The number of nitrogens with one attached hydrogen (secondary N) is 1. The molecule has 0 saturated heterocycles. The van der Waals surface area contributed by atoms with E-state index in [0.29, 0.717) is 5.69 Å². The molecular formula is C17H17NO4. The molecule has 5 heteroatoms. The highest BCUT2D eigenvalue weighted by atomic mass is 16.5. The lowest BCUT2D eigenvalue weighted by molar-refractivity contribution is -0.119. The first-order valence-corrected chi connectivity index (χ1v) is 6.80. The first-order valence-electron chi connectivity index (χ1n) is 6.80. The number of carbonyl (C=O) groups is 2. The van der Waals surface area contributed by atoms with Gasteiger partial charge in [-0.25, -0.2) is 4.79 Å². The third-order valence-corrected chi connectivity index (χ3v) is 3.20. The molecule has 114 valence electrons. The highest BCUT2D eigenvalue weighted by molar-refractivity contribution is 5.97. The van der Waals surface area contributed by atoms with Crippen molar-refractivity contribution < 1.29 is 19.4 Å². The molecule has 0 bridgehead atoms. The van der Waals surface area contributed by atoms with Gasteiger partial charge in [-0.3, -0.25) is 4.79 Å². The van der Waals surface area contributed by atoms with Crippen molar-refractivity contribution in [1.82, 2.24) is 0 Å². The van der Waals surface area contributed by atoms with E-state index in [0.717, 1.165) is 11.1 Å². The van der Waals surface area contributed by atoms with Crippen molar-refractivity contribution in [3.8, 4) is 5.75 Å². The number of aryl methyl sites for hydroxylation is 2. The molecule has 1 amide bonds. The van der Waals surface area contributed by atoms with E-state index < -0.39 is 18.5 Å². The number of esters is 1. The molecular weight excluding hydrogens is 282 g/mol. The third kappa shape index (κ3) is 3.63. The molecule has 0 aliphatic rings. The molecule has 0 aliphatic heterocycles. The molecule has 0 spiro atoms. The van der Waals surface area contributed by atoms with Crippen LogP contribution >= 0.6 is 0 Å². The minimum absolute atomic E-state index is 0.0300. The Morgan fingerprint density at radius 3 is 2.32 bits per heavy atom. The molecule has 22 heavy (non-hydrogen) atoms. The summed E-state index contributed by atoms with van der Waals surface area (Å²) in [5.74, 6) is -1.35. The molecule has 0 atom stereocenters. The van der Waals surface area contributed by atoms with Crippen LogP contribution in [0.3, 0.4) is 0 Å². The van der Waals surface area contributed by atoms with Gasteiger partial charge in [0.15, 0.2) is 6.61 Å². The van der Waals surface area contributed by atoms with E-state index in [1.807, 2.05) is 32.0 Å². The highest BCUT2D eigenvalue weighted by Gasteiger charge is 2.14. The summed E-state index contributed by atoms with van der Waals surface area (Å²) >= 11 is 0. The summed E-state index contributed by atoms with van der Waals surface area (Å²) in [7, 11) is 0. The normalized spacial score (nSPS) is 10.1. The van der Waals surface area contributed by atoms with E-state index in [4.69, 9.17) is 4.74 Å². The van der Waals surface area contributed by atoms with E-state index >= 15 is 0 Å². The molecule has 0 aliphatic carbocycles. The van der Waals surface area contributed by atoms with Crippen LogP contribution in [-0.2, 0) is 9.53 Å². The average Bonchev–Trinajstić information content (AvgIpc) is 2.49. The van der Waals surface area contributed by atoms with Crippen LogP contribution in [0, 0.1) is 13.8 Å². The topological polar surface area (TPSA) is 75.6 Å². The van der Waals surface area contributed by atoms with Gasteiger partial charge in [0, 0.05) is 5.69 Å². The molecule has 0 aromatic heterocycles. The zero-order chi connectivity index (χ0) is 16.1. The van der Waals surface area contributed by atoms with Gasteiger partial charge in [0.1, 0.15) is 11.3 Å². The Morgan fingerprint density at radius 1 is 1.05 bits per heavy atom. The second kappa shape index (κ2) is 6.76. The van der Waals surface area contributed by atoms with Crippen LogP contribution in [0.4, 0.5) is 5.69 Å². The Morgan fingerprint density at radius 2 is 1.68 bits per heavy atom. The van der Waals surface area contributed by atoms with E-state index in [9.17, 15) is 14.7 Å². The number of phenols is 1. The zero-order valence-electron chi connectivity index (χ0n) is 12.4. The predicted octanol–water partition coefficient (Wildman–Crippen LogP) is 2.80. The maximum absolute atomic E-state index is 11.9. The summed E-state index contributed by atoms with van der Waals surface area (Å²) < 4.78 is 4.91. The van der Waals surface area contributed by atoms with E-state index in [1.165, 1.54) is 12.1 Å². The SMILES string of the molecule is Cc1cccc(C)c1NC(=O)COC(=O)c1ccccc1O. The summed E-state index contributed by atoms with van der Waals surface area (Å²) in [5, 5.41) is 12.3. The number of amides is 1. The van der Waals surface area contributed by atoms with E-state index in [1.54, 1.807) is 12.1 Å². The number of para-hydroxylation sites is 2. The average molecular weight is 299 g/mol. The van der Waals surface area contributed by atoms with Gasteiger partial charge in [-0.1, -0.05) is 30.3 Å². The van der Waals surface area contributed by atoms with Gasteiger partial charge in [0.25, 0.3) is 5.91 Å². The summed E-state index contributed by atoms with van der Waals surface area (Å²) in [5.41, 5.74) is 2.61. The monoisotopic (exact) mass is 299 g/mol. The lowest BCUT2D eigenvalue weighted by atomic mass is 10.1. The minimum Gasteiger partial charge on any atom is -0.507 e. The number of phenolic OH excluding ortho intramolecular Hbond substituents is 1. The second-order valence-corrected chi connectivity index (χ2v) is 4.91. The first-order chi connectivity index (χ1) is 10.5. The second-order valence-electron chi connectivity index (χ2n) is 4.91. The van der Waals surface area contributed by atoms with Gasteiger partial charge < -0.3 is 15.2 Å². The van der Waals surface area contributed by atoms with Crippen molar-refractivity contribution in [3.63, 3.8) is 0 Å². The van der Waals surface area contributed by atoms with Gasteiger partial charge in [0.2, 0.25) is 0 Å².